The fourth-order valence-electron chi connectivity index (χ4n) is 4.97. The van der Waals surface area contributed by atoms with E-state index in [0.717, 1.165) is 22.4 Å². The van der Waals surface area contributed by atoms with Crippen molar-refractivity contribution >= 4 is 56.5 Å². The van der Waals surface area contributed by atoms with Crippen LogP contribution in [0.25, 0.3) is 16.5 Å². The summed E-state index contributed by atoms with van der Waals surface area (Å²) in [7, 11) is 1.51. The molecule has 0 spiro atoms. The lowest BCUT2D eigenvalue weighted by atomic mass is 9.95. The van der Waals surface area contributed by atoms with E-state index in [4.69, 9.17) is 4.74 Å². The Bertz CT molecular complexity index is 1880. The van der Waals surface area contributed by atoms with Crippen LogP contribution in [0.5, 0.6) is 5.75 Å². The lowest BCUT2D eigenvalue weighted by Gasteiger charge is -2.23. The van der Waals surface area contributed by atoms with Crippen LogP contribution < -0.4 is 9.64 Å². The van der Waals surface area contributed by atoms with Crippen molar-refractivity contribution in [1.82, 2.24) is 10.2 Å². The van der Waals surface area contributed by atoms with Crippen LogP contribution in [0, 0.1) is 12.7 Å². The zero-order valence-electron chi connectivity index (χ0n) is 22.6. The average Bonchev–Trinajstić information content (AvgIpc) is 3.58. The second-order valence-corrected chi connectivity index (χ2v) is 11.9. The molecule has 1 saturated heterocycles. The maximum Gasteiger partial charge on any atom is 0.301 e. The number of hydrogen-bond donors (Lipinski definition) is 1. The number of thioether (sulfide) groups is 1. The van der Waals surface area contributed by atoms with E-state index in [1.54, 1.807) is 31.2 Å². The van der Waals surface area contributed by atoms with Crippen molar-refractivity contribution in [3.8, 4) is 5.75 Å². The molecule has 1 aromatic heterocycles. The van der Waals surface area contributed by atoms with E-state index in [1.807, 2.05) is 18.2 Å². The summed E-state index contributed by atoms with van der Waals surface area (Å²) >= 11 is 2.66. The van der Waals surface area contributed by atoms with Gasteiger partial charge in [0.2, 0.25) is 5.13 Å². The van der Waals surface area contributed by atoms with E-state index < -0.39 is 29.3 Å². The lowest BCUT2D eigenvalue weighted by molar-refractivity contribution is -0.132. The number of carbonyl (C=O) groups is 2. The number of hydrogen-bond acceptors (Lipinski definition) is 8. The van der Waals surface area contributed by atoms with Crippen LogP contribution in [0.4, 0.5) is 9.52 Å². The number of aromatic nitrogens is 2. The van der Waals surface area contributed by atoms with Crippen molar-refractivity contribution < 1.29 is 23.8 Å². The first kappa shape index (κ1) is 27.6. The molecule has 1 unspecified atom stereocenters. The third-order valence-electron chi connectivity index (χ3n) is 7.13. The number of aryl methyl sites for hydroxylation is 1. The molecular formula is C32H24FN3O4S2. The molecule has 1 fully saturated rings. The molecule has 4 aromatic carbocycles. The minimum absolute atomic E-state index is 0.0904. The van der Waals surface area contributed by atoms with E-state index in [2.05, 4.69) is 34.5 Å². The van der Waals surface area contributed by atoms with E-state index >= 15 is 0 Å². The third kappa shape index (κ3) is 5.03. The monoisotopic (exact) mass is 597 g/mol. The van der Waals surface area contributed by atoms with E-state index in [0.29, 0.717) is 27.0 Å². The Balaban J connectivity index is 1.39. The lowest BCUT2D eigenvalue weighted by Crippen LogP contribution is -2.29. The van der Waals surface area contributed by atoms with Crippen LogP contribution in [0.2, 0.25) is 0 Å². The Kier molecular flexibility index (Phi) is 7.49. The van der Waals surface area contributed by atoms with Crippen molar-refractivity contribution in [3.63, 3.8) is 0 Å². The van der Waals surface area contributed by atoms with Crippen LogP contribution >= 0.6 is 23.1 Å². The van der Waals surface area contributed by atoms with Gasteiger partial charge in [-0.1, -0.05) is 89.8 Å². The van der Waals surface area contributed by atoms with Gasteiger partial charge in [0.05, 0.1) is 18.7 Å². The van der Waals surface area contributed by atoms with Gasteiger partial charge in [-0.25, -0.2) is 4.39 Å². The van der Waals surface area contributed by atoms with Gasteiger partial charge in [-0.15, -0.1) is 10.2 Å². The van der Waals surface area contributed by atoms with Crippen molar-refractivity contribution in [3.05, 3.63) is 119 Å². The second-order valence-electron chi connectivity index (χ2n) is 9.69. The molecule has 1 aliphatic heterocycles. The Hall–Kier alpha value is -4.54. The van der Waals surface area contributed by atoms with Gasteiger partial charge in [-0.3, -0.25) is 14.5 Å². The number of nitrogens with zero attached hydrogens (tertiary/aromatic N) is 3. The largest absolute Gasteiger partial charge is 0.507 e. The minimum atomic E-state index is -1.03. The first-order chi connectivity index (χ1) is 20.4. The number of aliphatic hydroxyl groups is 1. The summed E-state index contributed by atoms with van der Waals surface area (Å²) in [6.45, 7) is 1.60. The summed E-state index contributed by atoms with van der Waals surface area (Å²) in [5.74, 6) is -1.64. The summed E-state index contributed by atoms with van der Waals surface area (Å²) in [5, 5.41) is 22.4. The first-order valence-electron chi connectivity index (χ1n) is 13.0. The predicted molar refractivity (Wildman–Crippen MR) is 162 cm³/mol. The van der Waals surface area contributed by atoms with Crippen LogP contribution in [-0.4, -0.2) is 34.1 Å². The van der Waals surface area contributed by atoms with Crippen molar-refractivity contribution in [2.24, 2.45) is 0 Å². The van der Waals surface area contributed by atoms with Crippen molar-refractivity contribution in [2.75, 3.05) is 12.0 Å². The zero-order chi connectivity index (χ0) is 29.4. The highest BCUT2D eigenvalue weighted by Gasteiger charge is 2.48. The Morgan fingerprint density at radius 2 is 1.81 bits per heavy atom. The highest BCUT2D eigenvalue weighted by Crippen LogP contribution is 2.44. The van der Waals surface area contributed by atoms with E-state index in [-0.39, 0.29) is 16.3 Å². The average molecular weight is 598 g/mol. The summed E-state index contributed by atoms with van der Waals surface area (Å²) in [5.41, 5.74) is 1.96. The molecule has 10 heteroatoms. The van der Waals surface area contributed by atoms with Crippen molar-refractivity contribution in [2.45, 2.75) is 23.1 Å². The van der Waals surface area contributed by atoms with Crippen LogP contribution in [0.15, 0.2) is 94.8 Å². The Labute approximate surface area is 249 Å². The molecule has 0 aliphatic carbocycles. The van der Waals surface area contributed by atoms with Crippen LogP contribution in [0.3, 0.4) is 0 Å². The summed E-state index contributed by atoms with van der Waals surface area (Å²) in [4.78, 5) is 28.2. The number of amides is 1. The van der Waals surface area contributed by atoms with Gasteiger partial charge in [-0.2, -0.15) is 0 Å². The number of halogens is 1. The van der Waals surface area contributed by atoms with Gasteiger partial charge in [0.1, 0.15) is 17.3 Å². The first-order valence-corrected chi connectivity index (χ1v) is 14.8. The van der Waals surface area contributed by atoms with Gasteiger partial charge < -0.3 is 9.84 Å². The van der Waals surface area contributed by atoms with Crippen molar-refractivity contribution in [1.29, 1.82) is 0 Å². The van der Waals surface area contributed by atoms with Gasteiger partial charge in [0.15, 0.2) is 4.34 Å². The van der Waals surface area contributed by atoms with Gasteiger partial charge in [-0.05, 0) is 52.6 Å². The van der Waals surface area contributed by atoms with Crippen LogP contribution in [0.1, 0.15) is 28.3 Å². The van der Waals surface area contributed by atoms with Gasteiger partial charge in [0.25, 0.3) is 5.78 Å². The maximum atomic E-state index is 14.4. The number of rotatable bonds is 7. The number of fused-ring (bicyclic) bond motifs is 1. The SMILES string of the molecule is COc1cccc(C2/C(=C(/O)c3ccc(C)c(F)c3)C(=O)C(=O)N2c2nnc(SCc3cccc4ccccc34)s2)c1. The number of Topliss-reactive ketones (excluding diaryl/α,β-unsaturated/α-hetero) is 1. The standard InChI is InChI=1S/C32H24FN3O4S2/c1-18-13-14-21(16-25(18)33)28(37)26-27(20-9-6-11-23(15-20)40-2)36(30(39)29(26)38)31-34-35-32(42-31)41-17-22-10-5-8-19-7-3-4-12-24(19)22/h3-16,27,37H,17H2,1-2H3/b28-26-. The number of methoxy groups -OCH3 is 1. The molecule has 7 nitrogen and oxygen atoms in total. The molecular weight excluding hydrogens is 574 g/mol. The summed E-state index contributed by atoms with van der Waals surface area (Å²) < 4.78 is 20.4. The number of anilines is 1. The maximum absolute atomic E-state index is 14.4. The molecule has 42 heavy (non-hydrogen) atoms. The molecule has 1 atom stereocenters. The normalized spacial score (nSPS) is 16.4. The second kappa shape index (κ2) is 11.4. The summed E-state index contributed by atoms with van der Waals surface area (Å²) in [6.07, 6.45) is 0. The van der Waals surface area contributed by atoms with Gasteiger partial charge >= 0.3 is 5.91 Å². The number of ether oxygens (including phenoxy) is 1. The molecule has 1 amide bonds. The summed E-state index contributed by atoms with van der Waals surface area (Å²) in [6, 6.07) is 24.3. The van der Waals surface area contributed by atoms with E-state index in [1.165, 1.54) is 47.2 Å². The minimum Gasteiger partial charge on any atom is -0.507 e. The Morgan fingerprint density at radius 1 is 1.02 bits per heavy atom. The molecule has 210 valence electrons. The fourth-order valence-corrected chi connectivity index (χ4v) is 6.84. The molecule has 2 heterocycles. The predicted octanol–water partition coefficient (Wildman–Crippen LogP) is 7.07. The molecule has 0 bridgehead atoms. The fraction of sp³-hybridized carbons (Fsp3) is 0.125. The molecule has 5 aromatic rings. The highest BCUT2D eigenvalue weighted by atomic mass is 32.2. The number of ketones is 1. The highest BCUT2D eigenvalue weighted by molar-refractivity contribution is 8.00. The van der Waals surface area contributed by atoms with Gasteiger partial charge in [0, 0.05) is 11.3 Å². The smallest absolute Gasteiger partial charge is 0.301 e. The molecule has 1 N–H and O–H groups in total. The molecule has 6 rings (SSSR count). The molecule has 0 radical (unpaired) electrons. The molecule has 1 aliphatic rings. The number of aliphatic hydroxyl groups excluding tert-OH is 1. The van der Waals surface area contributed by atoms with E-state index in [9.17, 15) is 19.1 Å². The van der Waals surface area contributed by atoms with Crippen LogP contribution in [-0.2, 0) is 15.3 Å². The topological polar surface area (TPSA) is 92.6 Å². The quantitative estimate of drug-likeness (QED) is 0.0706. The zero-order valence-corrected chi connectivity index (χ0v) is 24.2. The molecule has 0 saturated carbocycles. The Morgan fingerprint density at radius 3 is 2.62 bits per heavy atom. The third-order valence-corrected chi connectivity index (χ3v) is 9.24. The number of carbonyl (C=O) groups excluding carboxylic acids is 2. The number of benzene rings is 4.